The van der Waals surface area contributed by atoms with Gasteiger partial charge in [0.1, 0.15) is 12.4 Å². The molecule has 0 radical (unpaired) electrons. The van der Waals surface area contributed by atoms with Crippen molar-refractivity contribution in [3.05, 3.63) is 42.0 Å². The zero-order valence-corrected chi connectivity index (χ0v) is 17.2. The van der Waals surface area contributed by atoms with Crippen molar-refractivity contribution in [3.8, 4) is 5.75 Å². The summed E-state index contributed by atoms with van der Waals surface area (Å²) >= 11 is 0. The lowest BCUT2D eigenvalue weighted by Gasteiger charge is -2.10. The van der Waals surface area contributed by atoms with E-state index in [4.69, 9.17) is 4.74 Å². The van der Waals surface area contributed by atoms with Crippen molar-refractivity contribution in [3.63, 3.8) is 0 Å². The van der Waals surface area contributed by atoms with Gasteiger partial charge in [0, 0.05) is 13.1 Å². The van der Waals surface area contributed by atoms with Crippen molar-refractivity contribution in [2.75, 3.05) is 31.7 Å². The summed E-state index contributed by atoms with van der Waals surface area (Å²) in [6.45, 7) is 2.66. The average molecular weight is 415 g/mol. The Morgan fingerprint density at radius 2 is 1.63 bits per heavy atom. The molecule has 2 aromatic rings. The van der Waals surface area contributed by atoms with Crippen LogP contribution in [0.15, 0.2) is 36.4 Å². The molecule has 27 heavy (non-hydrogen) atoms. The van der Waals surface area contributed by atoms with Crippen molar-refractivity contribution in [1.29, 1.82) is 0 Å². The van der Waals surface area contributed by atoms with Crippen molar-refractivity contribution >= 4 is 30.8 Å². The van der Waals surface area contributed by atoms with Gasteiger partial charge in [0.05, 0.1) is 12.0 Å². The summed E-state index contributed by atoms with van der Waals surface area (Å²) in [6, 6.07) is 11.6. The van der Waals surface area contributed by atoms with Gasteiger partial charge in [-0.1, -0.05) is 31.2 Å². The zero-order valence-electron chi connectivity index (χ0n) is 15.6. The molecule has 0 fully saturated rings. The second kappa shape index (κ2) is 9.50. The molecule has 0 saturated heterocycles. The van der Waals surface area contributed by atoms with Crippen LogP contribution < -0.4 is 14.2 Å². The summed E-state index contributed by atoms with van der Waals surface area (Å²) in [4.78, 5) is 0. The Hall–Kier alpha value is -1.68. The van der Waals surface area contributed by atoms with E-state index >= 15 is 0 Å². The van der Waals surface area contributed by atoms with Gasteiger partial charge in [-0.25, -0.2) is 26.3 Å². The fraction of sp³-hybridized carbons (Fsp3) is 0.444. The van der Waals surface area contributed by atoms with Crippen LogP contribution in [0.2, 0.25) is 0 Å². The molecule has 0 unspecified atom stereocenters. The summed E-state index contributed by atoms with van der Waals surface area (Å²) in [5, 5.41) is 2.03. The molecule has 0 aliphatic carbocycles. The SMILES string of the molecule is CCCS(=O)(=O)NCCOc1ccc2cc(CCNS(C)(=O)=O)ccc2c1. The third-order valence-corrected chi connectivity index (χ3v) is 6.14. The average Bonchev–Trinajstić information content (AvgIpc) is 2.57. The number of rotatable bonds is 11. The standard InChI is InChI=1S/C18H26N2O5S2/c1-3-12-27(23,24)20-10-11-25-18-7-6-16-13-15(4-5-17(16)14-18)8-9-19-26(2,21)22/h4-7,13-14,19-20H,3,8-12H2,1-2H3. The number of benzene rings is 2. The van der Waals surface area contributed by atoms with Gasteiger partial charge in [0.25, 0.3) is 0 Å². The van der Waals surface area contributed by atoms with Crippen LogP contribution in [0.5, 0.6) is 5.75 Å². The van der Waals surface area contributed by atoms with Crippen LogP contribution in [-0.2, 0) is 26.5 Å². The Morgan fingerprint density at radius 1 is 0.926 bits per heavy atom. The van der Waals surface area contributed by atoms with Crippen LogP contribution >= 0.6 is 0 Å². The summed E-state index contributed by atoms with van der Waals surface area (Å²) < 4.78 is 56.0. The number of fused-ring (bicyclic) bond motifs is 1. The van der Waals surface area contributed by atoms with E-state index in [1.54, 1.807) is 0 Å². The van der Waals surface area contributed by atoms with Crippen LogP contribution in [0.1, 0.15) is 18.9 Å². The van der Waals surface area contributed by atoms with E-state index in [-0.39, 0.29) is 18.9 Å². The molecule has 0 heterocycles. The lowest BCUT2D eigenvalue weighted by molar-refractivity contribution is 0.323. The fourth-order valence-corrected chi connectivity index (χ4v) is 4.16. The zero-order chi connectivity index (χ0) is 19.9. The van der Waals surface area contributed by atoms with E-state index < -0.39 is 20.0 Å². The molecule has 0 atom stereocenters. The van der Waals surface area contributed by atoms with E-state index in [0.29, 0.717) is 25.1 Å². The summed E-state index contributed by atoms with van der Waals surface area (Å²) in [5.74, 6) is 0.786. The molecule has 0 amide bonds. The Labute approximate surface area is 161 Å². The van der Waals surface area contributed by atoms with E-state index in [1.807, 2.05) is 43.3 Å². The molecule has 0 aromatic heterocycles. The van der Waals surface area contributed by atoms with Crippen LogP contribution in [-0.4, -0.2) is 48.5 Å². The van der Waals surface area contributed by atoms with Gasteiger partial charge in [0.15, 0.2) is 0 Å². The normalized spacial score (nSPS) is 12.4. The van der Waals surface area contributed by atoms with Crippen molar-refractivity contribution in [2.24, 2.45) is 0 Å². The second-order valence-corrected chi connectivity index (χ2v) is 10.1. The molecule has 0 spiro atoms. The van der Waals surface area contributed by atoms with Gasteiger partial charge >= 0.3 is 0 Å². The maximum absolute atomic E-state index is 11.6. The van der Waals surface area contributed by atoms with Gasteiger partial charge in [0.2, 0.25) is 20.0 Å². The van der Waals surface area contributed by atoms with Crippen molar-refractivity contribution in [2.45, 2.75) is 19.8 Å². The monoisotopic (exact) mass is 414 g/mol. The number of hydrogen-bond donors (Lipinski definition) is 2. The number of nitrogens with one attached hydrogen (secondary N) is 2. The van der Waals surface area contributed by atoms with E-state index in [9.17, 15) is 16.8 Å². The predicted molar refractivity (Wildman–Crippen MR) is 108 cm³/mol. The van der Waals surface area contributed by atoms with Crippen LogP contribution in [0.4, 0.5) is 0 Å². The van der Waals surface area contributed by atoms with Gasteiger partial charge in [-0.05, 0) is 41.3 Å². The van der Waals surface area contributed by atoms with E-state index in [0.717, 1.165) is 22.6 Å². The van der Waals surface area contributed by atoms with Crippen LogP contribution in [0, 0.1) is 0 Å². The molecular weight excluding hydrogens is 388 g/mol. The molecule has 150 valence electrons. The largest absolute Gasteiger partial charge is 0.492 e. The molecular formula is C18H26N2O5S2. The Morgan fingerprint density at radius 3 is 2.33 bits per heavy atom. The minimum atomic E-state index is -3.22. The number of sulfonamides is 2. The first-order chi connectivity index (χ1) is 12.7. The smallest absolute Gasteiger partial charge is 0.211 e. The maximum Gasteiger partial charge on any atom is 0.211 e. The lowest BCUT2D eigenvalue weighted by atomic mass is 10.0. The van der Waals surface area contributed by atoms with Crippen LogP contribution in [0.25, 0.3) is 10.8 Å². The highest BCUT2D eigenvalue weighted by Gasteiger charge is 2.07. The van der Waals surface area contributed by atoms with Gasteiger partial charge in [-0.15, -0.1) is 0 Å². The highest BCUT2D eigenvalue weighted by atomic mass is 32.2. The molecule has 2 N–H and O–H groups in total. The molecule has 0 saturated carbocycles. The molecule has 7 nitrogen and oxygen atoms in total. The minimum Gasteiger partial charge on any atom is -0.492 e. The first-order valence-electron chi connectivity index (χ1n) is 8.76. The Bertz CT molecular complexity index is 972. The van der Waals surface area contributed by atoms with Crippen molar-refractivity contribution < 1.29 is 21.6 Å². The molecule has 9 heteroatoms. The molecule has 0 aliphatic heterocycles. The van der Waals surface area contributed by atoms with Gasteiger partial charge in [-0.3, -0.25) is 0 Å². The Balaban J connectivity index is 1.90. The predicted octanol–water partition coefficient (Wildman–Crippen LogP) is 1.64. The van der Waals surface area contributed by atoms with E-state index in [1.165, 1.54) is 0 Å². The Kier molecular flexibility index (Phi) is 7.60. The first kappa shape index (κ1) is 21.6. The molecule has 2 aromatic carbocycles. The highest BCUT2D eigenvalue weighted by molar-refractivity contribution is 7.89. The lowest BCUT2D eigenvalue weighted by Crippen LogP contribution is -2.30. The highest BCUT2D eigenvalue weighted by Crippen LogP contribution is 2.22. The second-order valence-electron chi connectivity index (χ2n) is 6.32. The first-order valence-corrected chi connectivity index (χ1v) is 12.3. The number of ether oxygens (including phenoxy) is 1. The molecule has 0 aliphatic rings. The van der Waals surface area contributed by atoms with Crippen LogP contribution in [0.3, 0.4) is 0 Å². The van der Waals surface area contributed by atoms with Crippen molar-refractivity contribution in [1.82, 2.24) is 9.44 Å². The van der Waals surface area contributed by atoms with E-state index in [2.05, 4.69) is 9.44 Å². The number of hydrogen-bond acceptors (Lipinski definition) is 5. The minimum absolute atomic E-state index is 0.116. The quantitative estimate of drug-likeness (QED) is 0.544. The fourth-order valence-electron chi connectivity index (χ4n) is 2.61. The van der Waals surface area contributed by atoms with Gasteiger partial charge in [-0.2, -0.15) is 0 Å². The summed E-state index contributed by atoms with van der Waals surface area (Å²) in [7, 11) is -6.39. The summed E-state index contributed by atoms with van der Waals surface area (Å²) in [6.07, 6.45) is 2.33. The molecule has 0 bridgehead atoms. The third-order valence-electron chi connectivity index (χ3n) is 3.82. The summed E-state index contributed by atoms with van der Waals surface area (Å²) in [5.41, 5.74) is 1.04. The maximum atomic E-state index is 11.6. The third kappa shape index (κ3) is 7.84. The van der Waals surface area contributed by atoms with Gasteiger partial charge < -0.3 is 4.74 Å². The molecule has 2 rings (SSSR count). The topological polar surface area (TPSA) is 102 Å².